The van der Waals surface area contributed by atoms with Gasteiger partial charge < -0.3 is 10.1 Å². The Morgan fingerprint density at radius 2 is 1.45 bits per heavy atom. The van der Waals surface area contributed by atoms with Crippen molar-refractivity contribution in [3.8, 4) is 11.5 Å². The van der Waals surface area contributed by atoms with E-state index in [1.807, 2.05) is 42.2 Å². The summed E-state index contributed by atoms with van der Waals surface area (Å²) in [6, 6.07) is 23.6. The molecule has 7 nitrogen and oxygen atoms in total. The van der Waals surface area contributed by atoms with Crippen molar-refractivity contribution in [1.29, 1.82) is 0 Å². The van der Waals surface area contributed by atoms with Gasteiger partial charge in [0.1, 0.15) is 11.5 Å². The predicted molar refractivity (Wildman–Crippen MR) is 128 cm³/mol. The molecule has 1 aliphatic heterocycles. The first kappa shape index (κ1) is 23.0. The van der Waals surface area contributed by atoms with Crippen molar-refractivity contribution in [2.45, 2.75) is 11.8 Å². The van der Waals surface area contributed by atoms with Gasteiger partial charge in [-0.05, 0) is 55.5 Å². The minimum atomic E-state index is -3.51. The molecule has 1 amide bonds. The van der Waals surface area contributed by atoms with Crippen LogP contribution in [0.25, 0.3) is 0 Å². The van der Waals surface area contributed by atoms with Crippen LogP contribution in [0.1, 0.15) is 5.56 Å². The highest BCUT2D eigenvalue weighted by atomic mass is 32.2. The third-order valence-electron chi connectivity index (χ3n) is 5.47. The molecule has 0 radical (unpaired) electrons. The quantitative estimate of drug-likeness (QED) is 0.575. The lowest BCUT2D eigenvalue weighted by molar-refractivity contribution is -0.117. The van der Waals surface area contributed by atoms with Crippen LogP contribution in [0.5, 0.6) is 11.5 Å². The van der Waals surface area contributed by atoms with E-state index in [-0.39, 0.29) is 12.5 Å². The molecule has 1 N–H and O–H groups in total. The second kappa shape index (κ2) is 10.2. The molecule has 1 fully saturated rings. The zero-order chi connectivity index (χ0) is 23.3. The molecule has 0 saturated carbocycles. The Kier molecular flexibility index (Phi) is 7.08. The molecule has 0 unspecified atom stereocenters. The van der Waals surface area contributed by atoms with Crippen LogP contribution in [0.3, 0.4) is 0 Å². The fourth-order valence-electron chi connectivity index (χ4n) is 3.62. The largest absolute Gasteiger partial charge is 0.457 e. The Labute approximate surface area is 194 Å². The van der Waals surface area contributed by atoms with E-state index in [4.69, 9.17) is 4.74 Å². The molecule has 0 aliphatic carbocycles. The van der Waals surface area contributed by atoms with E-state index in [2.05, 4.69) is 5.32 Å². The molecular weight excluding hydrogens is 438 g/mol. The number of hydrogen-bond acceptors (Lipinski definition) is 5. The fraction of sp³-hybridized carbons (Fsp3) is 0.240. The summed E-state index contributed by atoms with van der Waals surface area (Å²) in [5.74, 6) is 1.30. The molecule has 0 aromatic heterocycles. The van der Waals surface area contributed by atoms with Gasteiger partial charge >= 0.3 is 0 Å². The Bertz CT molecular complexity index is 1170. The normalized spacial score (nSPS) is 15.2. The molecule has 0 bridgehead atoms. The van der Waals surface area contributed by atoms with E-state index in [9.17, 15) is 13.2 Å². The monoisotopic (exact) mass is 465 g/mol. The van der Waals surface area contributed by atoms with Crippen LogP contribution in [0.2, 0.25) is 0 Å². The van der Waals surface area contributed by atoms with Crippen LogP contribution >= 0.6 is 0 Å². The number of amides is 1. The third kappa shape index (κ3) is 5.98. The van der Waals surface area contributed by atoms with Gasteiger partial charge in [-0.2, -0.15) is 4.31 Å². The average Bonchev–Trinajstić information content (AvgIpc) is 2.82. The first-order valence-electron chi connectivity index (χ1n) is 10.8. The van der Waals surface area contributed by atoms with Crippen LogP contribution in [-0.4, -0.2) is 56.3 Å². The number of carbonyl (C=O) groups excluding carboxylic acids is 1. The van der Waals surface area contributed by atoms with Crippen molar-refractivity contribution in [2.75, 3.05) is 38.0 Å². The van der Waals surface area contributed by atoms with E-state index in [1.54, 1.807) is 48.5 Å². The van der Waals surface area contributed by atoms with Crippen molar-refractivity contribution in [2.24, 2.45) is 0 Å². The van der Waals surface area contributed by atoms with Crippen LogP contribution in [0, 0.1) is 6.92 Å². The maximum atomic E-state index is 12.8. The van der Waals surface area contributed by atoms with Crippen LogP contribution in [-0.2, 0) is 14.8 Å². The summed E-state index contributed by atoms with van der Waals surface area (Å²) in [5, 5.41) is 2.88. The van der Waals surface area contributed by atoms with Gasteiger partial charge in [0.05, 0.1) is 11.4 Å². The van der Waals surface area contributed by atoms with Crippen molar-refractivity contribution >= 4 is 21.6 Å². The number of anilines is 1. The topological polar surface area (TPSA) is 79.0 Å². The molecular formula is C25H27N3O4S. The summed E-state index contributed by atoms with van der Waals surface area (Å²) in [4.78, 5) is 14.7. The Hall–Kier alpha value is -3.20. The number of rotatable bonds is 7. The van der Waals surface area contributed by atoms with Crippen LogP contribution < -0.4 is 10.1 Å². The highest BCUT2D eigenvalue weighted by molar-refractivity contribution is 7.89. The number of nitrogens with one attached hydrogen (secondary N) is 1. The smallest absolute Gasteiger partial charge is 0.243 e. The van der Waals surface area contributed by atoms with Gasteiger partial charge in [-0.25, -0.2) is 8.42 Å². The van der Waals surface area contributed by atoms with E-state index in [0.29, 0.717) is 42.5 Å². The van der Waals surface area contributed by atoms with Crippen molar-refractivity contribution in [3.63, 3.8) is 0 Å². The summed E-state index contributed by atoms with van der Waals surface area (Å²) >= 11 is 0. The first-order chi connectivity index (χ1) is 15.9. The zero-order valence-corrected chi connectivity index (χ0v) is 19.3. The summed E-state index contributed by atoms with van der Waals surface area (Å²) in [7, 11) is -3.51. The van der Waals surface area contributed by atoms with E-state index in [1.165, 1.54) is 4.31 Å². The second-order valence-corrected chi connectivity index (χ2v) is 9.92. The number of sulfonamides is 1. The molecule has 1 saturated heterocycles. The zero-order valence-electron chi connectivity index (χ0n) is 18.5. The SMILES string of the molecule is Cc1ccc(S(=O)(=O)N2CCN(CC(=O)Nc3ccc(Oc4ccccc4)cc3)CC2)cc1. The van der Waals surface area contributed by atoms with Crippen LogP contribution in [0.4, 0.5) is 5.69 Å². The van der Waals surface area contributed by atoms with E-state index < -0.39 is 10.0 Å². The number of aryl methyl sites for hydroxylation is 1. The number of ether oxygens (including phenoxy) is 1. The number of nitrogens with zero attached hydrogens (tertiary/aromatic N) is 2. The molecule has 1 aliphatic rings. The van der Waals surface area contributed by atoms with Crippen molar-refractivity contribution in [1.82, 2.24) is 9.21 Å². The average molecular weight is 466 g/mol. The van der Waals surface area contributed by atoms with Gasteiger partial charge in [0.25, 0.3) is 0 Å². The van der Waals surface area contributed by atoms with Crippen molar-refractivity contribution < 1.29 is 17.9 Å². The molecule has 0 atom stereocenters. The summed E-state index contributed by atoms with van der Waals surface area (Å²) < 4.78 is 32.9. The molecule has 1 heterocycles. The standard InChI is InChI=1S/C25H27N3O4S/c1-20-7-13-24(14-8-20)33(30,31)28-17-15-27(16-18-28)19-25(29)26-21-9-11-23(12-10-21)32-22-5-3-2-4-6-22/h2-14H,15-19H2,1H3,(H,26,29). The molecule has 4 rings (SSSR count). The van der Waals surface area contributed by atoms with Gasteiger partial charge in [0.15, 0.2) is 0 Å². The predicted octanol–water partition coefficient (Wildman–Crippen LogP) is 3.73. The number of hydrogen-bond donors (Lipinski definition) is 1. The fourth-order valence-corrected chi connectivity index (χ4v) is 5.04. The van der Waals surface area contributed by atoms with Gasteiger partial charge in [0.2, 0.25) is 15.9 Å². The van der Waals surface area contributed by atoms with Gasteiger partial charge in [0, 0.05) is 31.9 Å². The number of piperazine rings is 1. The first-order valence-corrected chi connectivity index (χ1v) is 12.3. The molecule has 8 heteroatoms. The highest BCUT2D eigenvalue weighted by Gasteiger charge is 2.29. The molecule has 0 spiro atoms. The summed E-state index contributed by atoms with van der Waals surface area (Å²) in [5.41, 5.74) is 1.70. The maximum Gasteiger partial charge on any atom is 0.243 e. The van der Waals surface area contributed by atoms with Gasteiger partial charge in [-0.3, -0.25) is 9.69 Å². The van der Waals surface area contributed by atoms with Crippen LogP contribution in [0.15, 0.2) is 83.8 Å². The lowest BCUT2D eigenvalue weighted by Gasteiger charge is -2.33. The summed E-state index contributed by atoms with van der Waals surface area (Å²) in [6.07, 6.45) is 0. The number of benzene rings is 3. The lowest BCUT2D eigenvalue weighted by atomic mass is 10.2. The Morgan fingerprint density at radius 1 is 0.848 bits per heavy atom. The van der Waals surface area contributed by atoms with E-state index >= 15 is 0 Å². The Balaban J connectivity index is 1.26. The molecule has 3 aromatic rings. The minimum Gasteiger partial charge on any atom is -0.457 e. The lowest BCUT2D eigenvalue weighted by Crippen LogP contribution is -2.50. The highest BCUT2D eigenvalue weighted by Crippen LogP contribution is 2.23. The Morgan fingerprint density at radius 3 is 2.09 bits per heavy atom. The van der Waals surface area contributed by atoms with Gasteiger partial charge in [-0.15, -0.1) is 0 Å². The van der Waals surface area contributed by atoms with Gasteiger partial charge in [-0.1, -0.05) is 35.9 Å². The molecule has 172 valence electrons. The second-order valence-electron chi connectivity index (χ2n) is 7.98. The maximum absolute atomic E-state index is 12.8. The molecule has 33 heavy (non-hydrogen) atoms. The van der Waals surface area contributed by atoms with E-state index in [0.717, 1.165) is 11.3 Å². The van der Waals surface area contributed by atoms with Crippen molar-refractivity contribution in [3.05, 3.63) is 84.4 Å². The number of carbonyl (C=O) groups is 1. The minimum absolute atomic E-state index is 0.137. The summed E-state index contributed by atoms with van der Waals surface area (Å²) in [6.45, 7) is 3.85. The number of para-hydroxylation sites is 1. The molecule has 3 aromatic carbocycles. The third-order valence-corrected chi connectivity index (χ3v) is 7.39.